The summed E-state index contributed by atoms with van der Waals surface area (Å²) < 4.78 is 39.8. The highest BCUT2D eigenvalue weighted by atomic mass is 19.2. The Balaban J connectivity index is 1.31. The number of hydrogen-bond acceptors (Lipinski definition) is 6. The summed E-state index contributed by atoms with van der Waals surface area (Å²) in [6.45, 7) is 1.98. The van der Waals surface area contributed by atoms with Gasteiger partial charge in [0.05, 0.1) is 17.9 Å². The number of urea groups is 1. The minimum Gasteiger partial charge on any atom is -0.351 e. The molecule has 0 radical (unpaired) electrons. The van der Waals surface area contributed by atoms with Crippen LogP contribution in [0.25, 0.3) is 0 Å². The molecule has 4 N–H and O–H groups in total. The first kappa shape index (κ1) is 20.7. The highest BCUT2D eigenvalue weighted by molar-refractivity contribution is 6.00. The quantitative estimate of drug-likeness (QED) is 0.549. The van der Waals surface area contributed by atoms with Gasteiger partial charge in [-0.25, -0.2) is 22.9 Å². The second-order valence-corrected chi connectivity index (χ2v) is 7.59. The minimum atomic E-state index is -1.33. The van der Waals surface area contributed by atoms with E-state index in [1.54, 1.807) is 18.9 Å². The molecule has 0 bridgehead atoms. The van der Waals surface area contributed by atoms with E-state index in [9.17, 15) is 22.8 Å². The fourth-order valence-electron chi connectivity index (χ4n) is 3.51. The maximum Gasteiger partial charge on any atom is 0.319 e. The molecule has 9 nitrogen and oxygen atoms in total. The molecule has 0 unspecified atom stereocenters. The molecule has 1 aromatic carbocycles. The zero-order valence-electron chi connectivity index (χ0n) is 16.7. The SMILES string of the molecule is Cc1nc(NC2CC(NC(=O)Nc3cc(F)c(F)cc3F)C2)nc2c1NC(=O)CN2C. The van der Waals surface area contributed by atoms with Crippen LogP contribution in [0, 0.1) is 24.4 Å². The first-order valence-electron chi connectivity index (χ1n) is 9.58. The number of carbonyl (C=O) groups is 2. The zero-order valence-corrected chi connectivity index (χ0v) is 16.7. The molecule has 0 atom stereocenters. The van der Waals surface area contributed by atoms with Gasteiger partial charge in [-0.2, -0.15) is 4.98 Å². The third kappa shape index (κ3) is 4.32. The van der Waals surface area contributed by atoms with Crippen molar-refractivity contribution < 1.29 is 22.8 Å². The van der Waals surface area contributed by atoms with Crippen LogP contribution >= 0.6 is 0 Å². The van der Waals surface area contributed by atoms with Crippen molar-refractivity contribution in [2.75, 3.05) is 34.4 Å². The van der Waals surface area contributed by atoms with E-state index in [0.29, 0.717) is 48.1 Å². The van der Waals surface area contributed by atoms with Crippen molar-refractivity contribution >= 4 is 35.1 Å². The summed E-state index contributed by atoms with van der Waals surface area (Å²) in [6, 6.07) is 0.0618. The minimum absolute atomic E-state index is 0.00578. The number of amides is 3. The number of hydrogen-bond donors (Lipinski definition) is 4. The van der Waals surface area contributed by atoms with Crippen LogP contribution in [0.3, 0.4) is 0 Å². The Bertz CT molecular complexity index is 1060. The third-order valence-corrected chi connectivity index (χ3v) is 5.14. The number of nitrogens with one attached hydrogen (secondary N) is 4. The monoisotopic (exact) mass is 435 g/mol. The lowest BCUT2D eigenvalue weighted by Gasteiger charge is -2.36. The van der Waals surface area contributed by atoms with Gasteiger partial charge in [0.1, 0.15) is 11.5 Å². The van der Waals surface area contributed by atoms with Crippen LogP contribution < -0.4 is 26.2 Å². The fraction of sp³-hybridized carbons (Fsp3) is 0.368. The van der Waals surface area contributed by atoms with Gasteiger partial charge in [0.25, 0.3) is 0 Å². The van der Waals surface area contributed by atoms with Crippen LogP contribution in [0.4, 0.5) is 41.1 Å². The molecule has 1 aliphatic heterocycles. The maximum atomic E-state index is 13.6. The Kier molecular flexibility index (Phi) is 5.29. The van der Waals surface area contributed by atoms with Gasteiger partial charge in [0.15, 0.2) is 17.5 Å². The molecule has 4 rings (SSSR count). The highest BCUT2D eigenvalue weighted by Gasteiger charge is 2.32. The van der Waals surface area contributed by atoms with Crippen LogP contribution in [0.2, 0.25) is 0 Å². The van der Waals surface area contributed by atoms with E-state index in [0.717, 1.165) is 0 Å². The van der Waals surface area contributed by atoms with Gasteiger partial charge in [-0.05, 0) is 19.8 Å². The summed E-state index contributed by atoms with van der Waals surface area (Å²) in [5.41, 5.74) is 0.771. The second kappa shape index (κ2) is 7.93. The van der Waals surface area contributed by atoms with Crippen molar-refractivity contribution in [2.24, 2.45) is 0 Å². The van der Waals surface area contributed by atoms with Gasteiger partial charge < -0.3 is 26.2 Å². The third-order valence-electron chi connectivity index (χ3n) is 5.14. The van der Waals surface area contributed by atoms with E-state index in [1.807, 2.05) is 0 Å². The van der Waals surface area contributed by atoms with E-state index >= 15 is 0 Å². The summed E-state index contributed by atoms with van der Waals surface area (Å²) in [7, 11) is 1.77. The van der Waals surface area contributed by atoms with Crippen LogP contribution in [0.5, 0.6) is 0 Å². The lowest BCUT2D eigenvalue weighted by atomic mass is 9.87. The summed E-state index contributed by atoms with van der Waals surface area (Å²) >= 11 is 0. The van der Waals surface area contributed by atoms with Crippen molar-refractivity contribution in [1.29, 1.82) is 0 Å². The molecule has 1 saturated carbocycles. The topological polar surface area (TPSA) is 111 Å². The van der Waals surface area contributed by atoms with Gasteiger partial charge in [-0.15, -0.1) is 0 Å². The van der Waals surface area contributed by atoms with Crippen molar-refractivity contribution in [3.8, 4) is 0 Å². The summed E-state index contributed by atoms with van der Waals surface area (Å²) in [4.78, 5) is 34.3. The molecule has 2 heterocycles. The molecule has 3 amide bonds. The number of anilines is 4. The van der Waals surface area contributed by atoms with Crippen LogP contribution in [0.15, 0.2) is 12.1 Å². The van der Waals surface area contributed by atoms with Crippen molar-refractivity contribution in [2.45, 2.75) is 31.8 Å². The molecular weight excluding hydrogens is 415 g/mol. The van der Waals surface area contributed by atoms with E-state index in [-0.39, 0.29) is 24.5 Å². The molecule has 2 aromatic rings. The number of aryl methyl sites for hydroxylation is 1. The molecular formula is C19H20F3N7O2. The fourth-order valence-corrected chi connectivity index (χ4v) is 3.51. The van der Waals surface area contributed by atoms with Crippen LogP contribution in [-0.2, 0) is 4.79 Å². The van der Waals surface area contributed by atoms with E-state index in [4.69, 9.17) is 0 Å². The van der Waals surface area contributed by atoms with E-state index < -0.39 is 29.2 Å². The first-order valence-corrected chi connectivity index (χ1v) is 9.58. The lowest BCUT2D eigenvalue weighted by Crippen LogP contribution is -2.51. The van der Waals surface area contributed by atoms with Gasteiger partial charge in [-0.1, -0.05) is 0 Å². The molecule has 0 saturated heterocycles. The highest BCUT2D eigenvalue weighted by Crippen LogP contribution is 2.31. The van der Waals surface area contributed by atoms with Crippen LogP contribution in [0.1, 0.15) is 18.5 Å². The Labute approximate surface area is 175 Å². The lowest BCUT2D eigenvalue weighted by molar-refractivity contribution is -0.115. The predicted octanol–water partition coefficient (Wildman–Crippen LogP) is 2.36. The predicted molar refractivity (Wildman–Crippen MR) is 108 cm³/mol. The molecule has 1 fully saturated rings. The van der Waals surface area contributed by atoms with Crippen molar-refractivity contribution in [1.82, 2.24) is 15.3 Å². The Morgan fingerprint density at radius 2 is 1.84 bits per heavy atom. The van der Waals surface area contributed by atoms with Crippen molar-refractivity contribution in [3.63, 3.8) is 0 Å². The van der Waals surface area contributed by atoms with E-state index in [1.165, 1.54) is 0 Å². The number of halogens is 3. The second-order valence-electron chi connectivity index (χ2n) is 7.59. The standard InChI is InChI=1S/C19H20F3N7O2/c1-8-16-17(29(2)7-15(30)27-16)28-18(23-8)24-9-3-10(4-9)25-19(31)26-14-6-12(21)11(20)5-13(14)22/h5-6,9-10H,3-4,7H2,1-2H3,(H,27,30)(H,23,24,28)(H2,25,26,31). The molecule has 12 heteroatoms. The summed E-state index contributed by atoms with van der Waals surface area (Å²) in [5, 5.41) is 10.8. The van der Waals surface area contributed by atoms with Gasteiger partial charge in [-0.3, -0.25) is 4.79 Å². The van der Waals surface area contributed by atoms with Gasteiger partial charge in [0, 0.05) is 31.3 Å². The normalized spacial score (nSPS) is 19.8. The number of rotatable bonds is 4. The van der Waals surface area contributed by atoms with Crippen LogP contribution in [-0.4, -0.2) is 47.6 Å². The molecule has 0 spiro atoms. The zero-order chi connectivity index (χ0) is 22.3. The average molecular weight is 435 g/mol. The number of likely N-dealkylation sites (N-methyl/N-ethyl adjacent to an activating group) is 1. The number of carbonyl (C=O) groups excluding carboxylic acids is 2. The summed E-state index contributed by atoms with van der Waals surface area (Å²) in [5.74, 6) is -2.74. The number of fused-ring (bicyclic) bond motifs is 1. The summed E-state index contributed by atoms with van der Waals surface area (Å²) in [6.07, 6.45) is 1.14. The number of aromatic nitrogens is 2. The molecule has 31 heavy (non-hydrogen) atoms. The average Bonchev–Trinajstić information content (AvgIpc) is 2.65. The smallest absolute Gasteiger partial charge is 0.319 e. The van der Waals surface area contributed by atoms with Gasteiger partial charge >= 0.3 is 6.03 Å². The number of benzene rings is 1. The Hall–Kier alpha value is -3.57. The van der Waals surface area contributed by atoms with Crippen molar-refractivity contribution in [3.05, 3.63) is 35.3 Å². The molecule has 2 aliphatic rings. The Morgan fingerprint density at radius 1 is 1.13 bits per heavy atom. The Morgan fingerprint density at radius 3 is 2.58 bits per heavy atom. The molecule has 1 aliphatic carbocycles. The van der Waals surface area contributed by atoms with Gasteiger partial charge in [0.2, 0.25) is 11.9 Å². The largest absolute Gasteiger partial charge is 0.351 e. The first-order chi connectivity index (χ1) is 14.7. The van der Waals surface area contributed by atoms with E-state index in [2.05, 4.69) is 31.2 Å². The molecule has 1 aromatic heterocycles. The maximum absolute atomic E-state index is 13.6. The molecule has 164 valence electrons. The number of nitrogens with zero attached hydrogens (tertiary/aromatic N) is 3.